The van der Waals surface area contributed by atoms with E-state index in [1.807, 2.05) is 6.92 Å². The van der Waals surface area contributed by atoms with Crippen molar-refractivity contribution >= 4 is 0 Å². The van der Waals surface area contributed by atoms with Gasteiger partial charge in [-0.1, -0.05) is 23.6 Å². The van der Waals surface area contributed by atoms with Crippen LogP contribution in [0.2, 0.25) is 0 Å². The van der Waals surface area contributed by atoms with Gasteiger partial charge in [0.2, 0.25) is 0 Å². The van der Waals surface area contributed by atoms with Crippen molar-refractivity contribution in [2.75, 3.05) is 13.1 Å². The molecular formula is C5H10N6. The Labute approximate surface area is 64.5 Å². The van der Waals surface area contributed by atoms with E-state index in [1.54, 1.807) is 0 Å². The fraction of sp³-hybridized carbons (Fsp3) is 1.00. The van der Waals surface area contributed by atoms with E-state index in [4.69, 9.17) is 11.1 Å². The Hall–Kier alpha value is -1.38. The van der Waals surface area contributed by atoms with Gasteiger partial charge in [0.1, 0.15) is 0 Å². The Morgan fingerprint density at radius 3 is 1.91 bits per heavy atom. The van der Waals surface area contributed by atoms with Gasteiger partial charge in [0.05, 0.1) is 0 Å². The van der Waals surface area contributed by atoms with Gasteiger partial charge in [-0.2, -0.15) is 0 Å². The van der Waals surface area contributed by atoms with Gasteiger partial charge in [-0.25, -0.2) is 0 Å². The van der Waals surface area contributed by atoms with Gasteiger partial charge in [0.15, 0.2) is 0 Å². The van der Waals surface area contributed by atoms with E-state index in [-0.39, 0.29) is 5.92 Å². The van der Waals surface area contributed by atoms with Gasteiger partial charge in [-0.3, -0.25) is 0 Å². The molecule has 0 aliphatic heterocycles. The molecule has 0 unspecified atom stereocenters. The monoisotopic (exact) mass is 154 g/mol. The molecule has 0 saturated carbocycles. The Bertz CT molecular complexity index is 167. The van der Waals surface area contributed by atoms with E-state index in [1.165, 1.54) is 0 Å². The lowest BCUT2D eigenvalue weighted by atomic mass is 10.1. The van der Waals surface area contributed by atoms with Crippen molar-refractivity contribution in [3.8, 4) is 0 Å². The highest BCUT2D eigenvalue weighted by atomic mass is 15.1. The minimum absolute atomic E-state index is 0.182. The normalized spacial score (nSPS) is 11.0. The van der Waals surface area contributed by atoms with Crippen molar-refractivity contribution in [1.29, 1.82) is 0 Å². The van der Waals surface area contributed by atoms with Crippen molar-refractivity contribution < 1.29 is 0 Å². The number of rotatable bonds is 5. The van der Waals surface area contributed by atoms with E-state index in [0.717, 1.165) is 6.42 Å². The zero-order valence-electron chi connectivity index (χ0n) is 6.38. The van der Waals surface area contributed by atoms with Gasteiger partial charge < -0.3 is 0 Å². The highest BCUT2D eigenvalue weighted by molar-refractivity contribution is 4.63. The molecule has 0 atom stereocenters. The maximum Gasteiger partial charge on any atom is 0.0287 e. The van der Waals surface area contributed by atoms with E-state index >= 15 is 0 Å². The Kier molecular flexibility index (Phi) is 5.89. The predicted octanol–water partition coefficient (Wildman–Crippen LogP) is 2.63. The number of nitrogens with zero attached hydrogens (tertiary/aromatic N) is 6. The van der Waals surface area contributed by atoms with Crippen LogP contribution in [0.15, 0.2) is 10.2 Å². The molecule has 11 heavy (non-hydrogen) atoms. The zero-order chi connectivity index (χ0) is 8.53. The van der Waals surface area contributed by atoms with Crippen LogP contribution in [-0.2, 0) is 0 Å². The molecule has 0 bridgehead atoms. The minimum Gasteiger partial charge on any atom is -0.0937 e. The van der Waals surface area contributed by atoms with E-state index in [9.17, 15) is 0 Å². The average molecular weight is 154 g/mol. The summed E-state index contributed by atoms with van der Waals surface area (Å²) in [6.07, 6.45) is 0.859. The fourth-order valence-electron chi connectivity index (χ4n) is 0.620. The summed E-state index contributed by atoms with van der Waals surface area (Å²) < 4.78 is 0. The van der Waals surface area contributed by atoms with Crippen LogP contribution in [0.3, 0.4) is 0 Å². The second-order valence-electron chi connectivity index (χ2n) is 2.10. The third kappa shape index (κ3) is 5.08. The number of hydrogen-bond acceptors (Lipinski definition) is 2. The van der Waals surface area contributed by atoms with Crippen LogP contribution in [0.1, 0.15) is 13.3 Å². The molecule has 0 aromatic heterocycles. The highest BCUT2D eigenvalue weighted by Crippen LogP contribution is 2.03. The molecule has 0 rings (SSSR count). The van der Waals surface area contributed by atoms with E-state index < -0.39 is 0 Å². The highest BCUT2D eigenvalue weighted by Gasteiger charge is 2.01. The summed E-state index contributed by atoms with van der Waals surface area (Å²) in [6, 6.07) is 0. The molecule has 0 spiro atoms. The first-order chi connectivity index (χ1) is 5.35. The summed E-state index contributed by atoms with van der Waals surface area (Å²) in [6.45, 7) is 2.78. The van der Waals surface area contributed by atoms with E-state index in [0.29, 0.717) is 13.1 Å². The predicted molar refractivity (Wildman–Crippen MR) is 41.8 cm³/mol. The molecule has 6 nitrogen and oxygen atoms in total. The Morgan fingerprint density at radius 1 is 1.18 bits per heavy atom. The Balaban J connectivity index is 3.74. The molecule has 0 aromatic carbocycles. The van der Waals surface area contributed by atoms with Gasteiger partial charge in [-0.05, 0) is 17.0 Å². The van der Waals surface area contributed by atoms with Crippen LogP contribution in [0.5, 0.6) is 0 Å². The maximum absolute atomic E-state index is 7.99. The fourth-order valence-corrected chi connectivity index (χ4v) is 0.620. The molecule has 0 heterocycles. The first kappa shape index (κ1) is 9.62. The van der Waals surface area contributed by atoms with E-state index in [2.05, 4.69) is 20.1 Å². The smallest absolute Gasteiger partial charge is 0.0287 e. The molecule has 0 fully saturated rings. The summed E-state index contributed by atoms with van der Waals surface area (Å²) in [7, 11) is 0. The van der Waals surface area contributed by atoms with Crippen molar-refractivity contribution in [3.05, 3.63) is 20.9 Å². The average Bonchev–Trinajstić information content (AvgIpc) is 2.05. The summed E-state index contributed by atoms with van der Waals surface area (Å²) in [4.78, 5) is 5.24. The minimum atomic E-state index is 0.182. The molecule has 6 heteroatoms. The summed E-state index contributed by atoms with van der Waals surface area (Å²) in [5.41, 5.74) is 16.0. The van der Waals surface area contributed by atoms with Gasteiger partial charge in [-0.15, -0.1) is 0 Å². The standard InChI is InChI=1S/C5H10N6/c1-2-5(3-8-10-6)4-9-11-7/h5H,2-4H2,1H3. The quantitative estimate of drug-likeness (QED) is 0.330. The molecule has 0 aliphatic rings. The van der Waals surface area contributed by atoms with Gasteiger partial charge >= 0.3 is 0 Å². The molecule has 0 N–H and O–H groups in total. The lowest BCUT2D eigenvalue weighted by Crippen LogP contribution is -2.05. The first-order valence-electron chi connectivity index (χ1n) is 3.36. The molecule has 0 radical (unpaired) electrons. The largest absolute Gasteiger partial charge is 0.0937 e. The van der Waals surface area contributed by atoms with Crippen molar-refractivity contribution in [2.45, 2.75) is 13.3 Å². The van der Waals surface area contributed by atoms with Crippen LogP contribution in [0, 0.1) is 5.92 Å². The van der Waals surface area contributed by atoms with Crippen LogP contribution < -0.4 is 0 Å². The number of hydrogen-bond donors (Lipinski definition) is 0. The number of azide groups is 2. The van der Waals surface area contributed by atoms with Crippen LogP contribution in [-0.4, -0.2) is 13.1 Å². The molecule has 0 saturated heterocycles. The molecule has 0 aromatic rings. The SMILES string of the molecule is CCC(CN=[N+]=[N-])CN=[N+]=[N-]. The van der Waals surface area contributed by atoms with Crippen LogP contribution in [0.25, 0.3) is 20.9 Å². The van der Waals surface area contributed by atoms with Crippen molar-refractivity contribution in [1.82, 2.24) is 0 Å². The topological polar surface area (TPSA) is 97.5 Å². The van der Waals surface area contributed by atoms with Gasteiger partial charge in [0.25, 0.3) is 0 Å². The summed E-state index contributed by atoms with van der Waals surface area (Å²) >= 11 is 0. The van der Waals surface area contributed by atoms with Crippen LogP contribution >= 0.6 is 0 Å². The summed E-state index contributed by atoms with van der Waals surface area (Å²) in [5.74, 6) is 0.182. The van der Waals surface area contributed by atoms with Crippen LogP contribution in [0.4, 0.5) is 0 Å². The van der Waals surface area contributed by atoms with Crippen molar-refractivity contribution in [3.63, 3.8) is 0 Å². The van der Waals surface area contributed by atoms with Crippen molar-refractivity contribution in [2.24, 2.45) is 16.1 Å². The Morgan fingerprint density at radius 2 is 1.64 bits per heavy atom. The molecule has 0 aliphatic carbocycles. The second-order valence-corrected chi connectivity index (χ2v) is 2.10. The molecule has 60 valence electrons. The second kappa shape index (κ2) is 6.74. The molecular weight excluding hydrogens is 144 g/mol. The van der Waals surface area contributed by atoms with Gasteiger partial charge in [0, 0.05) is 22.9 Å². The lowest BCUT2D eigenvalue weighted by Gasteiger charge is -2.05. The molecule has 0 amide bonds. The third-order valence-corrected chi connectivity index (χ3v) is 1.38. The summed E-state index contributed by atoms with van der Waals surface area (Å²) in [5, 5.41) is 6.79. The lowest BCUT2D eigenvalue weighted by molar-refractivity contribution is 0.531. The maximum atomic E-state index is 7.99. The zero-order valence-corrected chi connectivity index (χ0v) is 6.38. The first-order valence-corrected chi connectivity index (χ1v) is 3.36. The third-order valence-electron chi connectivity index (χ3n) is 1.38.